The molecular formula is C17H10ClFN2O2. The van der Waals surface area contributed by atoms with Crippen LogP contribution in [0.3, 0.4) is 0 Å². The number of hydrogen-bond acceptors (Lipinski definition) is 3. The second kappa shape index (κ2) is 5.49. The molecule has 0 fully saturated rings. The van der Waals surface area contributed by atoms with Crippen molar-refractivity contribution < 1.29 is 14.0 Å². The third-order valence-electron chi connectivity index (χ3n) is 3.85. The fraction of sp³-hybridized carbons (Fsp3) is 0.118. The van der Waals surface area contributed by atoms with E-state index in [1.54, 1.807) is 37.3 Å². The summed E-state index contributed by atoms with van der Waals surface area (Å²) in [7, 11) is 0. The number of carbonyl (C=O) groups is 2. The summed E-state index contributed by atoms with van der Waals surface area (Å²) in [5.74, 6) is -1.92. The third kappa shape index (κ3) is 2.37. The number of fused-ring (bicyclic) bond motifs is 1. The highest BCUT2D eigenvalue weighted by molar-refractivity contribution is 6.30. The van der Waals surface area contributed by atoms with Crippen LogP contribution >= 0.6 is 11.6 Å². The summed E-state index contributed by atoms with van der Waals surface area (Å²) in [5, 5.41) is 9.63. The van der Waals surface area contributed by atoms with E-state index in [0.29, 0.717) is 10.6 Å². The first-order valence-corrected chi connectivity index (χ1v) is 7.19. The summed E-state index contributed by atoms with van der Waals surface area (Å²) in [4.78, 5) is 26.1. The van der Waals surface area contributed by atoms with E-state index in [0.717, 1.165) is 17.0 Å². The van der Waals surface area contributed by atoms with Crippen LogP contribution in [0.25, 0.3) is 0 Å². The Balaban J connectivity index is 2.07. The second-order valence-electron chi connectivity index (χ2n) is 5.20. The first-order chi connectivity index (χ1) is 10.9. The van der Waals surface area contributed by atoms with Crippen molar-refractivity contribution in [1.82, 2.24) is 4.90 Å². The quantitative estimate of drug-likeness (QED) is 0.789. The van der Waals surface area contributed by atoms with Gasteiger partial charge in [-0.1, -0.05) is 23.7 Å². The normalized spacial score (nSPS) is 14.6. The lowest BCUT2D eigenvalue weighted by molar-refractivity contribution is 0.0595. The molecule has 1 aliphatic heterocycles. The lowest BCUT2D eigenvalue weighted by atomic mass is 10.0. The highest BCUT2D eigenvalue weighted by atomic mass is 35.5. The Morgan fingerprint density at radius 3 is 2.43 bits per heavy atom. The lowest BCUT2D eigenvalue weighted by Crippen LogP contribution is -2.32. The SMILES string of the molecule is C[C@@H](c1ccc(Cl)cc1)N1C(=O)c2cc(F)cc(C#N)c2C1=O. The zero-order chi connectivity index (χ0) is 16.7. The monoisotopic (exact) mass is 328 g/mol. The van der Waals surface area contributed by atoms with E-state index in [4.69, 9.17) is 16.9 Å². The standard InChI is InChI=1S/C17H10ClFN2O2/c1-9(10-2-4-12(18)5-3-10)21-16(22)14-7-13(19)6-11(8-20)15(14)17(21)23/h2-7,9H,1H3/t9-/m0/s1. The molecule has 0 unspecified atom stereocenters. The van der Waals surface area contributed by atoms with E-state index in [1.807, 2.05) is 0 Å². The average molecular weight is 329 g/mol. The molecule has 3 rings (SSSR count). The van der Waals surface area contributed by atoms with Crippen LogP contribution in [0.15, 0.2) is 36.4 Å². The molecule has 0 spiro atoms. The van der Waals surface area contributed by atoms with Crippen molar-refractivity contribution in [2.45, 2.75) is 13.0 Å². The number of amides is 2. The van der Waals surface area contributed by atoms with E-state index in [9.17, 15) is 14.0 Å². The Hall–Kier alpha value is -2.71. The van der Waals surface area contributed by atoms with Gasteiger partial charge < -0.3 is 0 Å². The van der Waals surface area contributed by atoms with Crippen LogP contribution in [0.4, 0.5) is 4.39 Å². The van der Waals surface area contributed by atoms with Crippen molar-refractivity contribution in [2.75, 3.05) is 0 Å². The third-order valence-corrected chi connectivity index (χ3v) is 4.10. The topological polar surface area (TPSA) is 61.2 Å². The molecule has 0 bridgehead atoms. The number of halogens is 2. The lowest BCUT2D eigenvalue weighted by Gasteiger charge is -2.22. The van der Waals surface area contributed by atoms with Gasteiger partial charge in [-0.25, -0.2) is 4.39 Å². The molecule has 0 radical (unpaired) electrons. The van der Waals surface area contributed by atoms with Crippen LogP contribution in [-0.2, 0) is 0 Å². The Kier molecular flexibility index (Phi) is 3.63. The van der Waals surface area contributed by atoms with Gasteiger partial charge >= 0.3 is 0 Å². The van der Waals surface area contributed by atoms with Gasteiger partial charge in [0.2, 0.25) is 0 Å². The molecule has 23 heavy (non-hydrogen) atoms. The number of carbonyl (C=O) groups excluding carboxylic acids is 2. The minimum absolute atomic E-state index is 0.0419. The number of rotatable bonds is 2. The summed E-state index contributed by atoms with van der Waals surface area (Å²) in [6, 6.07) is 9.90. The summed E-state index contributed by atoms with van der Waals surface area (Å²) >= 11 is 5.84. The first-order valence-electron chi connectivity index (χ1n) is 6.81. The highest BCUT2D eigenvalue weighted by Crippen LogP contribution is 2.33. The molecule has 0 N–H and O–H groups in total. The van der Waals surface area contributed by atoms with E-state index in [2.05, 4.69) is 0 Å². The molecule has 2 amide bonds. The maximum absolute atomic E-state index is 13.6. The molecule has 1 heterocycles. The van der Waals surface area contributed by atoms with E-state index in [-0.39, 0.29) is 16.7 Å². The number of nitriles is 1. The minimum Gasteiger partial charge on any atom is -0.269 e. The smallest absolute Gasteiger partial charge is 0.263 e. The Bertz CT molecular complexity index is 871. The number of imide groups is 1. The highest BCUT2D eigenvalue weighted by Gasteiger charge is 2.41. The van der Waals surface area contributed by atoms with Gasteiger partial charge in [-0.15, -0.1) is 0 Å². The van der Waals surface area contributed by atoms with Crippen molar-refractivity contribution in [3.8, 4) is 6.07 Å². The van der Waals surface area contributed by atoms with Gasteiger partial charge in [0.1, 0.15) is 11.9 Å². The van der Waals surface area contributed by atoms with Gasteiger partial charge in [-0.2, -0.15) is 5.26 Å². The van der Waals surface area contributed by atoms with E-state index < -0.39 is 23.7 Å². The van der Waals surface area contributed by atoms with Crippen LogP contribution in [0, 0.1) is 17.1 Å². The summed E-state index contributed by atoms with van der Waals surface area (Å²) < 4.78 is 13.6. The van der Waals surface area contributed by atoms with Gasteiger partial charge in [0, 0.05) is 5.02 Å². The number of benzene rings is 2. The molecule has 0 saturated heterocycles. The van der Waals surface area contributed by atoms with Crippen molar-refractivity contribution in [1.29, 1.82) is 5.26 Å². The zero-order valence-electron chi connectivity index (χ0n) is 12.0. The van der Waals surface area contributed by atoms with Crippen LogP contribution in [-0.4, -0.2) is 16.7 Å². The van der Waals surface area contributed by atoms with E-state index >= 15 is 0 Å². The maximum atomic E-state index is 13.6. The second-order valence-corrected chi connectivity index (χ2v) is 5.63. The molecule has 0 saturated carbocycles. The van der Waals surface area contributed by atoms with Crippen molar-refractivity contribution >= 4 is 23.4 Å². The molecule has 2 aromatic carbocycles. The molecular weight excluding hydrogens is 319 g/mol. The van der Waals surface area contributed by atoms with Crippen molar-refractivity contribution in [3.05, 3.63) is 69.5 Å². The molecule has 1 atom stereocenters. The van der Waals surface area contributed by atoms with Crippen molar-refractivity contribution in [3.63, 3.8) is 0 Å². The predicted octanol–water partition coefficient (Wildman–Crippen LogP) is 3.71. The summed E-state index contributed by atoms with van der Waals surface area (Å²) in [6.07, 6.45) is 0. The van der Waals surface area contributed by atoms with Crippen LogP contribution in [0.1, 0.15) is 44.8 Å². The predicted molar refractivity (Wildman–Crippen MR) is 81.5 cm³/mol. The average Bonchev–Trinajstić information content (AvgIpc) is 2.78. The molecule has 6 heteroatoms. The Morgan fingerprint density at radius 2 is 1.83 bits per heavy atom. The summed E-state index contributed by atoms with van der Waals surface area (Å²) in [6.45, 7) is 1.69. The molecule has 2 aromatic rings. The molecule has 0 aliphatic carbocycles. The minimum atomic E-state index is -0.720. The van der Waals surface area contributed by atoms with Crippen molar-refractivity contribution in [2.24, 2.45) is 0 Å². The number of hydrogen-bond donors (Lipinski definition) is 0. The summed E-state index contributed by atoms with van der Waals surface area (Å²) in [5.41, 5.74) is 0.458. The van der Waals surface area contributed by atoms with Gasteiger partial charge in [-0.05, 0) is 36.8 Å². The molecule has 1 aliphatic rings. The zero-order valence-corrected chi connectivity index (χ0v) is 12.8. The fourth-order valence-electron chi connectivity index (χ4n) is 2.68. The van der Waals surface area contributed by atoms with Crippen LogP contribution < -0.4 is 0 Å². The molecule has 114 valence electrons. The molecule has 4 nitrogen and oxygen atoms in total. The van der Waals surface area contributed by atoms with Gasteiger partial charge in [-0.3, -0.25) is 14.5 Å². The van der Waals surface area contributed by atoms with Gasteiger partial charge in [0.25, 0.3) is 11.8 Å². The van der Waals surface area contributed by atoms with E-state index in [1.165, 1.54) is 0 Å². The largest absolute Gasteiger partial charge is 0.269 e. The Labute approximate surface area is 136 Å². The molecule has 0 aromatic heterocycles. The van der Waals surface area contributed by atoms with Crippen LogP contribution in [0.5, 0.6) is 0 Å². The number of nitrogens with zero attached hydrogens (tertiary/aromatic N) is 2. The maximum Gasteiger partial charge on any atom is 0.263 e. The van der Waals surface area contributed by atoms with Gasteiger partial charge in [0.05, 0.1) is 22.7 Å². The van der Waals surface area contributed by atoms with Crippen LogP contribution in [0.2, 0.25) is 5.02 Å². The van der Waals surface area contributed by atoms with Gasteiger partial charge in [0.15, 0.2) is 0 Å². The Morgan fingerprint density at radius 1 is 1.17 bits per heavy atom. The fourth-order valence-corrected chi connectivity index (χ4v) is 2.80. The first kappa shape index (κ1) is 15.2.